The van der Waals surface area contributed by atoms with Gasteiger partial charge in [0.2, 0.25) is 0 Å². The van der Waals surface area contributed by atoms with Crippen molar-refractivity contribution in [1.82, 2.24) is 25.1 Å². The number of hydrogen-bond donors (Lipinski definition) is 4. The largest absolute Gasteiger partial charge is 0.371 e. The first kappa shape index (κ1) is 25.0. The summed E-state index contributed by atoms with van der Waals surface area (Å²) in [7, 11) is 2.21. The van der Waals surface area contributed by atoms with Crippen LogP contribution in [0.2, 0.25) is 5.15 Å². The van der Waals surface area contributed by atoms with Crippen LogP contribution < -0.4 is 26.6 Å². The van der Waals surface area contributed by atoms with Crippen molar-refractivity contribution in [1.29, 1.82) is 0 Å². The first-order valence-corrected chi connectivity index (χ1v) is 13.2. The maximum Gasteiger partial charge on any atom is 0.271 e. The molecule has 1 amide bonds. The molecule has 194 valence electrons. The molecular formula is C25H36ClN9O. The summed E-state index contributed by atoms with van der Waals surface area (Å²) in [5, 5.41) is 9.96. The number of likely N-dealkylation sites (N-methyl/N-ethyl adjacent to an activating group) is 1. The minimum atomic E-state index is -0.680. The van der Waals surface area contributed by atoms with E-state index < -0.39 is 5.91 Å². The Morgan fingerprint density at radius 2 is 1.75 bits per heavy atom. The van der Waals surface area contributed by atoms with Crippen LogP contribution in [0.15, 0.2) is 24.3 Å². The van der Waals surface area contributed by atoms with Crippen LogP contribution in [0, 0.1) is 0 Å². The molecule has 5 rings (SSSR count). The van der Waals surface area contributed by atoms with Crippen molar-refractivity contribution in [2.24, 2.45) is 5.73 Å². The molecule has 10 nitrogen and oxygen atoms in total. The van der Waals surface area contributed by atoms with Gasteiger partial charge in [-0.05, 0) is 57.1 Å². The second kappa shape index (κ2) is 11.2. The van der Waals surface area contributed by atoms with E-state index in [1.807, 2.05) is 12.1 Å². The Kier molecular flexibility index (Phi) is 7.76. The van der Waals surface area contributed by atoms with Crippen molar-refractivity contribution in [3.63, 3.8) is 0 Å². The highest BCUT2D eigenvalue weighted by atomic mass is 35.5. The standard InChI is InChI=1S/C25H36ClN9O/c1-33-12-14-35(15-13-33)20-7-10-34(11-8-20)19-4-2-17(3-5-19)29-24-21(23(27)36)31-22(26)25(32-24)30-18-6-9-28-16-18/h2-5,18,20,28H,6-16H2,1H3,(H2,27,36)(H2,29,30,32)/t18-/m1/s1. The van der Waals surface area contributed by atoms with E-state index in [1.165, 1.54) is 44.7 Å². The van der Waals surface area contributed by atoms with Gasteiger partial charge in [0.15, 0.2) is 22.5 Å². The third-order valence-electron chi connectivity index (χ3n) is 7.50. The van der Waals surface area contributed by atoms with E-state index in [9.17, 15) is 4.79 Å². The fourth-order valence-corrected chi connectivity index (χ4v) is 5.49. The molecule has 3 aliphatic heterocycles. The van der Waals surface area contributed by atoms with E-state index in [0.717, 1.165) is 38.3 Å². The van der Waals surface area contributed by atoms with Crippen molar-refractivity contribution in [2.75, 3.05) is 74.9 Å². The number of nitrogens with two attached hydrogens (primary N) is 1. The topological polar surface area (TPSA) is 115 Å². The monoisotopic (exact) mass is 513 g/mol. The molecule has 2 aromatic rings. The predicted molar refractivity (Wildman–Crippen MR) is 144 cm³/mol. The van der Waals surface area contributed by atoms with E-state index in [0.29, 0.717) is 17.7 Å². The zero-order valence-electron chi connectivity index (χ0n) is 20.8. The van der Waals surface area contributed by atoms with Crippen LogP contribution >= 0.6 is 11.6 Å². The fraction of sp³-hybridized carbons (Fsp3) is 0.560. The summed E-state index contributed by atoms with van der Waals surface area (Å²) in [5.74, 6) is 0.0552. The van der Waals surface area contributed by atoms with Gasteiger partial charge in [0.05, 0.1) is 0 Å². The van der Waals surface area contributed by atoms with Gasteiger partial charge in [-0.3, -0.25) is 9.69 Å². The molecule has 3 saturated heterocycles. The van der Waals surface area contributed by atoms with Crippen molar-refractivity contribution in [3.05, 3.63) is 35.1 Å². The van der Waals surface area contributed by atoms with Crippen molar-refractivity contribution >= 4 is 40.5 Å². The number of hydrogen-bond acceptors (Lipinski definition) is 9. The average Bonchev–Trinajstić information content (AvgIpc) is 3.40. The van der Waals surface area contributed by atoms with Gasteiger partial charge >= 0.3 is 0 Å². The number of amides is 1. The second-order valence-corrected chi connectivity index (χ2v) is 10.3. The van der Waals surface area contributed by atoms with Gasteiger partial charge in [-0.15, -0.1) is 0 Å². The van der Waals surface area contributed by atoms with Gasteiger partial charge in [-0.25, -0.2) is 9.97 Å². The molecule has 0 bridgehead atoms. The molecular weight excluding hydrogens is 478 g/mol. The van der Waals surface area contributed by atoms with Crippen LogP contribution in [-0.4, -0.2) is 97.2 Å². The molecule has 1 atom stereocenters. The minimum Gasteiger partial charge on any atom is -0.371 e. The summed E-state index contributed by atoms with van der Waals surface area (Å²) < 4.78 is 0. The quantitative estimate of drug-likeness (QED) is 0.441. The maximum absolute atomic E-state index is 12.0. The number of carbonyl (C=O) groups is 1. The highest BCUT2D eigenvalue weighted by Crippen LogP contribution is 2.28. The number of primary amides is 1. The van der Waals surface area contributed by atoms with Gasteiger partial charge in [0, 0.05) is 69.3 Å². The number of nitrogens with zero attached hydrogens (tertiary/aromatic N) is 5. The number of piperazine rings is 1. The van der Waals surface area contributed by atoms with Gasteiger partial charge in [-0.2, -0.15) is 0 Å². The number of carbonyl (C=O) groups excluding carboxylic acids is 1. The molecule has 3 fully saturated rings. The third-order valence-corrected chi connectivity index (χ3v) is 7.77. The van der Waals surface area contributed by atoms with Gasteiger partial charge in [0.25, 0.3) is 5.91 Å². The molecule has 36 heavy (non-hydrogen) atoms. The SMILES string of the molecule is CN1CCN(C2CCN(c3ccc(Nc4nc(N[C@@H]5CCNC5)c(Cl)nc4C(N)=O)cc3)CC2)CC1. The number of anilines is 4. The zero-order chi connectivity index (χ0) is 25.1. The molecule has 5 N–H and O–H groups in total. The summed E-state index contributed by atoms with van der Waals surface area (Å²) in [6, 6.07) is 9.11. The van der Waals surface area contributed by atoms with Gasteiger partial charge < -0.3 is 31.5 Å². The molecule has 4 heterocycles. The normalized spacial score (nSPS) is 22.1. The molecule has 0 unspecified atom stereocenters. The highest BCUT2D eigenvalue weighted by Gasteiger charge is 2.27. The predicted octanol–water partition coefficient (Wildman–Crippen LogP) is 1.96. The molecule has 11 heteroatoms. The zero-order valence-corrected chi connectivity index (χ0v) is 21.6. The molecule has 0 saturated carbocycles. The molecule has 0 radical (unpaired) electrons. The van der Waals surface area contributed by atoms with Gasteiger partial charge in [-0.1, -0.05) is 11.6 Å². The Labute approximate surface area is 217 Å². The van der Waals surface area contributed by atoms with Crippen LogP contribution in [-0.2, 0) is 0 Å². The summed E-state index contributed by atoms with van der Waals surface area (Å²) >= 11 is 6.30. The van der Waals surface area contributed by atoms with Crippen molar-refractivity contribution in [2.45, 2.75) is 31.3 Å². The number of piperidine rings is 1. The van der Waals surface area contributed by atoms with E-state index in [4.69, 9.17) is 17.3 Å². The van der Waals surface area contributed by atoms with E-state index in [-0.39, 0.29) is 16.9 Å². The fourth-order valence-electron chi connectivity index (χ4n) is 5.31. The van der Waals surface area contributed by atoms with E-state index >= 15 is 0 Å². The lowest BCUT2D eigenvalue weighted by molar-refractivity contribution is 0.0982. The second-order valence-electron chi connectivity index (χ2n) is 9.99. The summed E-state index contributed by atoms with van der Waals surface area (Å²) in [6.07, 6.45) is 3.35. The Balaban J connectivity index is 1.23. The smallest absolute Gasteiger partial charge is 0.271 e. The number of rotatable bonds is 7. The Hall–Kier alpha value is -2.66. The molecule has 3 aliphatic rings. The average molecular weight is 514 g/mol. The van der Waals surface area contributed by atoms with Crippen molar-refractivity contribution < 1.29 is 4.79 Å². The van der Waals surface area contributed by atoms with Crippen LogP contribution in [0.1, 0.15) is 29.8 Å². The van der Waals surface area contributed by atoms with E-state index in [2.05, 4.69) is 59.8 Å². The number of nitrogens with one attached hydrogen (secondary N) is 3. The lowest BCUT2D eigenvalue weighted by Crippen LogP contribution is -2.52. The van der Waals surface area contributed by atoms with Gasteiger partial charge in [0.1, 0.15) is 0 Å². The lowest BCUT2D eigenvalue weighted by Gasteiger charge is -2.42. The summed E-state index contributed by atoms with van der Waals surface area (Å²) in [4.78, 5) is 28.3. The first-order valence-electron chi connectivity index (χ1n) is 12.9. The molecule has 1 aromatic heterocycles. The Morgan fingerprint density at radius 3 is 2.39 bits per heavy atom. The minimum absolute atomic E-state index is 0.0187. The molecule has 0 aliphatic carbocycles. The molecule has 0 spiro atoms. The highest BCUT2D eigenvalue weighted by molar-refractivity contribution is 6.32. The maximum atomic E-state index is 12.0. The van der Waals surface area contributed by atoms with Crippen LogP contribution in [0.5, 0.6) is 0 Å². The first-order chi connectivity index (χ1) is 17.5. The van der Waals surface area contributed by atoms with Crippen molar-refractivity contribution in [3.8, 4) is 0 Å². The third kappa shape index (κ3) is 5.83. The van der Waals surface area contributed by atoms with E-state index in [1.54, 1.807) is 0 Å². The van der Waals surface area contributed by atoms with Crippen LogP contribution in [0.25, 0.3) is 0 Å². The Bertz CT molecular complexity index is 1040. The van der Waals surface area contributed by atoms with Crippen LogP contribution in [0.3, 0.4) is 0 Å². The number of benzene rings is 1. The summed E-state index contributed by atoms with van der Waals surface area (Å²) in [5.41, 5.74) is 7.58. The Morgan fingerprint density at radius 1 is 1.03 bits per heavy atom. The lowest BCUT2D eigenvalue weighted by atomic mass is 10.0. The summed E-state index contributed by atoms with van der Waals surface area (Å²) in [6.45, 7) is 8.57. The van der Waals surface area contributed by atoms with Crippen LogP contribution in [0.4, 0.5) is 23.0 Å². The molecule has 1 aromatic carbocycles. The number of halogens is 1. The number of aromatic nitrogens is 2.